The third-order valence-corrected chi connectivity index (χ3v) is 8.48. The molecule has 172 valence electrons. The summed E-state index contributed by atoms with van der Waals surface area (Å²) in [7, 11) is -2.28. The average Bonchev–Trinajstić information content (AvgIpc) is 2.75. The SMILES string of the molecule is CCN(CC)S(=O)(=O)c1ccc(OC)c(NC(=O)C[C@@H]2Sc3ccc(Cl)cc3NC2=O)c1. The Bertz CT molecular complexity index is 1140. The van der Waals surface area contributed by atoms with Crippen molar-refractivity contribution in [2.45, 2.75) is 35.3 Å². The number of nitrogens with one attached hydrogen (secondary N) is 2. The van der Waals surface area contributed by atoms with Crippen LogP contribution < -0.4 is 15.4 Å². The number of ether oxygens (including phenoxy) is 1. The van der Waals surface area contributed by atoms with Crippen molar-refractivity contribution in [3.05, 3.63) is 41.4 Å². The number of hydrogen-bond acceptors (Lipinski definition) is 6. The van der Waals surface area contributed by atoms with Gasteiger partial charge < -0.3 is 15.4 Å². The van der Waals surface area contributed by atoms with Crippen molar-refractivity contribution in [1.29, 1.82) is 0 Å². The van der Waals surface area contributed by atoms with E-state index in [4.69, 9.17) is 16.3 Å². The second kappa shape index (κ2) is 10.1. The van der Waals surface area contributed by atoms with Crippen LogP contribution in [-0.4, -0.2) is 50.0 Å². The van der Waals surface area contributed by atoms with Gasteiger partial charge in [0.2, 0.25) is 21.8 Å². The van der Waals surface area contributed by atoms with Crippen molar-refractivity contribution in [3.8, 4) is 5.75 Å². The zero-order valence-electron chi connectivity index (χ0n) is 17.8. The van der Waals surface area contributed by atoms with Gasteiger partial charge in [0.15, 0.2) is 0 Å². The summed E-state index contributed by atoms with van der Waals surface area (Å²) in [6.45, 7) is 4.17. The molecular weight excluding hydrogens is 474 g/mol. The van der Waals surface area contributed by atoms with Gasteiger partial charge in [0.05, 0.1) is 28.6 Å². The molecule has 8 nitrogen and oxygen atoms in total. The van der Waals surface area contributed by atoms with Gasteiger partial charge in [-0.25, -0.2) is 8.42 Å². The fraction of sp³-hybridized carbons (Fsp3) is 0.333. The second-order valence-corrected chi connectivity index (χ2v) is 10.6. The van der Waals surface area contributed by atoms with Gasteiger partial charge in [-0.2, -0.15) is 4.31 Å². The molecule has 0 bridgehead atoms. The summed E-state index contributed by atoms with van der Waals surface area (Å²) in [6, 6.07) is 9.47. The lowest BCUT2D eigenvalue weighted by molar-refractivity contribution is -0.120. The van der Waals surface area contributed by atoms with Crippen molar-refractivity contribution in [2.75, 3.05) is 30.8 Å². The van der Waals surface area contributed by atoms with Gasteiger partial charge >= 0.3 is 0 Å². The van der Waals surface area contributed by atoms with E-state index in [1.807, 2.05) is 0 Å². The van der Waals surface area contributed by atoms with E-state index in [9.17, 15) is 18.0 Å². The minimum Gasteiger partial charge on any atom is -0.495 e. The molecule has 2 aromatic rings. The molecule has 1 aliphatic rings. The van der Waals surface area contributed by atoms with E-state index in [0.717, 1.165) is 4.90 Å². The highest BCUT2D eigenvalue weighted by atomic mass is 35.5. The number of halogens is 1. The summed E-state index contributed by atoms with van der Waals surface area (Å²) < 4.78 is 32.3. The van der Waals surface area contributed by atoms with Crippen LogP contribution in [0.15, 0.2) is 46.2 Å². The fourth-order valence-corrected chi connectivity index (χ4v) is 6.03. The zero-order valence-corrected chi connectivity index (χ0v) is 20.2. The molecule has 3 rings (SSSR count). The molecule has 0 spiro atoms. The van der Waals surface area contributed by atoms with E-state index in [0.29, 0.717) is 29.5 Å². The van der Waals surface area contributed by atoms with E-state index in [1.54, 1.807) is 32.0 Å². The summed E-state index contributed by atoms with van der Waals surface area (Å²) in [4.78, 5) is 26.0. The molecule has 0 saturated heterocycles. The number of carbonyl (C=O) groups excluding carboxylic acids is 2. The molecular formula is C21H24ClN3O5S2. The van der Waals surface area contributed by atoms with Gasteiger partial charge in [0.1, 0.15) is 5.75 Å². The summed E-state index contributed by atoms with van der Waals surface area (Å²) in [5, 5.41) is 5.32. The Morgan fingerprint density at radius 2 is 1.94 bits per heavy atom. The van der Waals surface area contributed by atoms with Crippen LogP contribution in [0.25, 0.3) is 0 Å². The smallest absolute Gasteiger partial charge is 0.243 e. The monoisotopic (exact) mass is 497 g/mol. The van der Waals surface area contributed by atoms with Crippen molar-refractivity contribution in [2.24, 2.45) is 0 Å². The minimum atomic E-state index is -3.71. The maximum atomic E-state index is 12.8. The summed E-state index contributed by atoms with van der Waals surface area (Å²) >= 11 is 7.24. The Kier molecular flexibility index (Phi) is 7.71. The molecule has 0 radical (unpaired) electrons. The highest BCUT2D eigenvalue weighted by Gasteiger charge is 2.30. The van der Waals surface area contributed by atoms with E-state index < -0.39 is 21.2 Å². The number of carbonyl (C=O) groups is 2. The van der Waals surface area contributed by atoms with Crippen LogP contribution in [0.5, 0.6) is 5.75 Å². The maximum absolute atomic E-state index is 12.8. The number of benzene rings is 2. The molecule has 0 fully saturated rings. The number of amides is 2. The lowest BCUT2D eigenvalue weighted by atomic mass is 10.2. The van der Waals surface area contributed by atoms with Crippen LogP contribution in [0.1, 0.15) is 20.3 Å². The molecule has 11 heteroatoms. The Morgan fingerprint density at radius 1 is 1.22 bits per heavy atom. The Balaban J connectivity index is 1.78. The minimum absolute atomic E-state index is 0.0490. The highest BCUT2D eigenvalue weighted by molar-refractivity contribution is 8.01. The predicted octanol–water partition coefficient (Wildman–Crippen LogP) is 3.82. The first-order valence-corrected chi connectivity index (χ1v) is 12.6. The zero-order chi connectivity index (χ0) is 23.5. The standard InChI is InChI=1S/C21H24ClN3O5S2/c1-4-25(5-2)32(28,29)14-7-8-17(30-3)15(11-14)23-20(26)12-19-21(27)24-16-10-13(22)6-9-18(16)31-19/h6-11,19H,4-5,12H2,1-3H3,(H,23,26)(H,24,27)/t19-/m0/s1. The number of anilines is 2. The van der Waals surface area contributed by atoms with E-state index in [-0.39, 0.29) is 22.9 Å². The lowest BCUT2D eigenvalue weighted by Gasteiger charge is -2.24. The van der Waals surface area contributed by atoms with E-state index in [1.165, 1.54) is 41.4 Å². The van der Waals surface area contributed by atoms with Crippen LogP contribution in [0.4, 0.5) is 11.4 Å². The molecule has 0 unspecified atom stereocenters. The number of sulfonamides is 1. The average molecular weight is 498 g/mol. The first-order valence-electron chi connectivity index (χ1n) is 9.94. The molecule has 0 aliphatic carbocycles. The Hall–Kier alpha value is -2.27. The van der Waals surface area contributed by atoms with Crippen molar-refractivity contribution >= 4 is 56.6 Å². The molecule has 2 amide bonds. The molecule has 2 N–H and O–H groups in total. The summed E-state index contributed by atoms with van der Waals surface area (Å²) in [5.41, 5.74) is 0.833. The van der Waals surface area contributed by atoms with Crippen LogP contribution in [0, 0.1) is 0 Å². The number of nitrogens with zero attached hydrogens (tertiary/aromatic N) is 1. The first kappa shape index (κ1) is 24.4. The molecule has 0 aromatic heterocycles. The van der Waals surface area contributed by atoms with Crippen LogP contribution in [0.3, 0.4) is 0 Å². The topological polar surface area (TPSA) is 105 Å². The number of hydrogen-bond donors (Lipinski definition) is 2. The van der Waals surface area contributed by atoms with Gasteiger partial charge in [0, 0.05) is 29.4 Å². The van der Waals surface area contributed by atoms with Crippen molar-refractivity contribution in [3.63, 3.8) is 0 Å². The third-order valence-electron chi connectivity index (χ3n) is 4.92. The normalized spacial score (nSPS) is 15.8. The fourth-order valence-electron chi connectivity index (χ4n) is 3.28. The van der Waals surface area contributed by atoms with Crippen LogP contribution in [-0.2, 0) is 19.6 Å². The molecule has 32 heavy (non-hydrogen) atoms. The molecule has 1 aliphatic heterocycles. The number of methoxy groups -OCH3 is 1. The maximum Gasteiger partial charge on any atom is 0.243 e. The van der Waals surface area contributed by atoms with Crippen LogP contribution >= 0.6 is 23.4 Å². The van der Waals surface area contributed by atoms with Gasteiger partial charge in [-0.15, -0.1) is 11.8 Å². The molecule has 2 aromatic carbocycles. The molecule has 1 atom stereocenters. The Labute approximate surface area is 196 Å². The number of rotatable bonds is 8. The van der Waals surface area contributed by atoms with Gasteiger partial charge in [0.25, 0.3) is 0 Å². The van der Waals surface area contributed by atoms with Gasteiger partial charge in [-0.3, -0.25) is 9.59 Å². The highest BCUT2D eigenvalue weighted by Crippen LogP contribution is 2.38. The quantitative estimate of drug-likeness (QED) is 0.574. The summed E-state index contributed by atoms with van der Waals surface area (Å²) in [5.74, 6) is -0.423. The van der Waals surface area contributed by atoms with E-state index >= 15 is 0 Å². The second-order valence-electron chi connectivity index (χ2n) is 6.94. The lowest BCUT2D eigenvalue weighted by Crippen LogP contribution is -2.32. The molecule has 1 heterocycles. The first-order chi connectivity index (χ1) is 15.2. The largest absolute Gasteiger partial charge is 0.495 e. The molecule has 0 saturated carbocycles. The van der Waals surface area contributed by atoms with E-state index in [2.05, 4.69) is 10.6 Å². The van der Waals surface area contributed by atoms with Crippen molar-refractivity contribution in [1.82, 2.24) is 4.31 Å². The Morgan fingerprint density at radius 3 is 2.59 bits per heavy atom. The number of fused-ring (bicyclic) bond motifs is 1. The predicted molar refractivity (Wildman–Crippen MR) is 126 cm³/mol. The summed E-state index contributed by atoms with van der Waals surface area (Å²) in [6.07, 6.45) is -0.102. The van der Waals surface area contributed by atoms with Gasteiger partial charge in [-0.05, 0) is 36.4 Å². The van der Waals surface area contributed by atoms with Crippen LogP contribution in [0.2, 0.25) is 5.02 Å². The number of thioether (sulfide) groups is 1. The van der Waals surface area contributed by atoms with Crippen molar-refractivity contribution < 1.29 is 22.7 Å². The third kappa shape index (κ3) is 5.20. The van der Waals surface area contributed by atoms with Gasteiger partial charge in [-0.1, -0.05) is 25.4 Å².